The molecule has 0 aromatic carbocycles. The summed E-state index contributed by atoms with van der Waals surface area (Å²) in [5, 5.41) is 10.7. The van der Waals surface area contributed by atoms with Gasteiger partial charge in [0.15, 0.2) is 0 Å². The van der Waals surface area contributed by atoms with E-state index in [2.05, 4.69) is 0 Å². The molecule has 1 aliphatic heterocycles. The number of carbonyl (C=O) groups is 3. The van der Waals surface area contributed by atoms with Gasteiger partial charge in [0.2, 0.25) is 11.8 Å². The highest BCUT2D eigenvalue weighted by molar-refractivity contribution is 7.12. The predicted molar refractivity (Wildman–Crippen MR) is 69.1 cm³/mol. The van der Waals surface area contributed by atoms with Crippen molar-refractivity contribution < 1.29 is 19.5 Å². The summed E-state index contributed by atoms with van der Waals surface area (Å²) in [4.78, 5) is 36.8. The Morgan fingerprint density at radius 3 is 2.32 bits per heavy atom. The first kappa shape index (κ1) is 12.1. The fourth-order valence-electron chi connectivity index (χ4n) is 2.68. The van der Waals surface area contributed by atoms with Crippen molar-refractivity contribution in [2.75, 3.05) is 4.90 Å². The highest BCUT2D eigenvalue weighted by Gasteiger charge is 2.48. The molecule has 2 unspecified atom stereocenters. The van der Waals surface area contributed by atoms with E-state index in [-0.39, 0.29) is 34.2 Å². The van der Waals surface area contributed by atoms with Crippen LogP contribution in [0.1, 0.15) is 22.5 Å². The van der Waals surface area contributed by atoms with E-state index in [4.69, 9.17) is 5.11 Å². The normalized spacial score (nSPS) is 25.8. The molecule has 1 aromatic heterocycles. The Labute approximate surface area is 113 Å². The summed E-state index contributed by atoms with van der Waals surface area (Å²) >= 11 is 1.02. The van der Waals surface area contributed by atoms with Crippen molar-refractivity contribution in [2.45, 2.75) is 12.8 Å². The van der Waals surface area contributed by atoms with Gasteiger partial charge in [0.05, 0.1) is 17.5 Å². The van der Waals surface area contributed by atoms with Crippen LogP contribution in [0.5, 0.6) is 0 Å². The molecule has 1 aliphatic carbocycles. The number of fused-ring (bicyclic) bond motifs is 1. The van der Waals surface area contributed by atoms with Gasteiger partial charge in [-0.25, -0.2) is 9.69 Å². The average molecular weight is 277 g/mol. The lowest BCUT2D eigenvalue weighted by Crippen LogP contribution is -2.31. The molecule has 1 N–H and O–H groups in total. The first-order valence-electron chi connectivity index (χ1n) is 5.95. The molecular formula is C13H11NO4S. The van der Waals surface area contributed by atoms with Crippen molar-refractivity contribution in [1.29, 1.82) is 0 Å². The quantitative estimate of drug-likeness (QED) is 0.662. The van der Waals surface area contributed by atoms with E-state index in [1.165, 1.54) is 6.07 Å². The van der Waals surface area contributed by atoms with Crippen molar-refractivity contribution in [3.05, 3.63) is 28.5 Å². The molecule has 0 bridgehead atoms. The van der Waals surface area contributed by atoms with Crippen LogP contribution in [0, 0.1) is 11.8 Å². The SMILES string of the molecule is O=C(O)c1sccc1N1C(=O)C2CC=CCC2C1=O. The number of nitrogens with zero attached hydrogens (tertiary/aromatic N) is 1. The molecule has 1 saturated heterocycles. The summed E-state index contributed by atoms with van der Waals surface area (Å²) in [6.07, 6.45) is 4.92. The number of rotatable bonds is 2. The number of imide groups is 1. The molecule has 2 atom stereocenters. The molecule has 2 amide bonds. The third-order valence-electron chi connectivity index (χ3n) is 3.59. The Morgan fingerprint density at radius 2 is 1.79 bits per heavy atom. The first-order valence-corrected chi connectivity index (χ1v) is 6.83. The van der Waals surface area contributed by atoms with Gasteiger partial charge in [0.1, 0.15) is 4.88 Å². The van der Waals surface area contributed by atoms with Crippen molar-refractivity contribution in [1.82, 2.24) is 0 Å². The van der Waals surface area contributed by atoms with Crippen LogP contribution in [-0.2, 0) is 9.59 Å². The largest absolute Gasteiger partial charge is 0.477 e. The fourth-order valence-corrected chi connectivity index (χ4v) is 3.39. The van der Waals surface area contributed by atoms with E-state index < -0.39 is 5.97 Å². The number of anilines is 1. The Bertz CT molecular complexity index is 578. The van der Waals surface area contributed by atoms with Gasteiger partial charge in [-0.05, 0) is 24.3 Å². The number of carbonyl (C=O) groups excluding carboxylic acids is 2. The molecule has 0 saturated carbocycles. The number of hydrogen-bond donors (Lipinski definition) is 1. The van der Waals surface area contributed by atoms with E-state index in [1.54, 1.807) is 5.38 Å². The van der Waals surface area contributed by atoms with E-state index >= 15 is 0 Å². The van der Waals surface area contributed by atoms with E-state index in [0.717, 1.165) is 16.2 Å². The Morgan fingerprint density at radius 1 is 1.21 bits per heavy atom. The summed E-state index contributed by atoms with van der Waals surface area (Å²) in [6.45, 7) is 0. The predicted octanol–water partition coefficient (Wildman–Crippen LogP) is 1.90. The molecule has 5 nitrogen and oxygen atoms in total. The third kappa shape index (κ3) is 1.71. The van der Waals surface area contributed by atoms with Crippen LogP contribution >= 0.6 is 11.3 Å². The van der Waals surface area contributed by atoms with Gasteiger partial charge < -0.3 is 5.11 Å². The minimum Gasteiger partial charge on any atom is -0.477 e. The van der Waals surface area contributed by atoms with Crippen molar-refractivity contribution in [3.8, 4) is 0 Å². The van der Waals surface area contributed by atoms with E-state index in [9.17, 15) is 14.4 Å². The molecule has 0 spiro atoms. The Kier molecular flexibility index (Phi) is 2.74. The monoisotopic (exact) mass is 277 g/mol. The summed E-state index contributed by atoms with van der Waals surface area (Å²) in [6, 6.07) is 1.52. The second-order valence-electron chi connectivity index (χ2n) is 4.61. The van der Waals surface area contributed by atoms with Crippen LogP contribution in [0.15, 0.2) is 23.6 Å². The molecule has 1 fully saturated rings. The second-order valence-corrected chi connectivity index (χ2v) is 5.52. The summed E-state index contributed by atoms with van der Waals surface area (Å²) < 4.78 is 0. The number of hydrogen-bond acceptors (Lipinski definition) is 4. The zero-order valence-electron chi connectivity index (χ0n) is 9.91. The van der Waals surface area contributed by atoms with Crippen molar-refractivity contribution in [2.24, 2.45) is 11.8 Å². The summed E-state index contributed by atoms with van der Waals surface area (Å²) in [7, 11) is 0. The number of thiophene rings is 1. The molecule has 19 heavy (non-hydrogen) atoms. The van der Waals surface area contributed by atoms with E-state index in [0.29, 0.717) is 12.8 Å². The standard InChI is InChI=1S/C13H11NO4S/c15-11-7-3-1-2-4-8(7)12(16)14(11)9-5-6-19-10(9)13(17)18/h1-2,5-8H,3-4H2,(H,17,18). The highest BCUT2D eigenvalue weighted by atomic mass is 32.1. The van der Waals surface area contributed by atoms with Crippen molar-refractivity contribution in [3.63, 3.8) is 0 Å². The lowest BCUT2D eigenvalue weighted by Gasteiger charge is -2.14. The number of amides is 2. The molecule has 0 radical (unpaired) electrons. The molecule has 6 heteroatoms. The van der Waals surface area contributed by atoms with Gasteiger partial charge in [-0.15, -0.1) is 11.3 Å². The maximum atomic E-state index is 12.3. The smallest absolute Gasteiger partial charge is 0.348 e. The van der Waals surface area contributed by atoms with Crippen molar-refractivity contribution >= 4 is 34.8 Å². The zero-order chi connectivity index (χ0) is 13.6. The van der Waals surface area contributed by atoms with E-state index in [1.807, 2.05) is 12.2 Å². The van der Waals surface area contributed by atoms with Gasteiger partial charge in [0, 0.05) is 0 Å². The van der Waals surface area contributed by atoms with Crippen LogP contribution in [0.2, 0.25) is 0 Å². The zero-order valence-corrected chi connectivity index (χ0v) is 10.7. The maximum Gasteiger partial charge on any atom is 0.348 e. The maximum absolute atomic E-state index is 12.3. The number of carboxylic acid groups (broad SMARTS) is 1. The lowest BCUT2D eigenvalue weighted by atomic mass is 9.85. The van der Waals surface area contributed by atoms with Gasteiger partial charge in [-0.3, -0.25) is 9.59 Å². The number of aromatic carboxylic acids is 1. The minimum absolute atomic E-state index is 0.0355. The molecule has 98 valence electrons. The van der Waals surface area contributed by atoms with Gasteiger partial charge in [0.25, 0.3) is 0 Å². The van der Waals surface area contributed by atoms with Crippen LogP contribution in [0.3, 0.4) is 0 Å². The average Bonchev–Trinajstić information content (AvgIpc) is 2.95. The molecular weight excluding hydrogens is 266 g/mol. The molecule has 1 aromatic rings. The van der Waals surface area contributed by atoms with Crippen LogP contribution in [0.4, 0.5) is 5.69 Å². The summed E-state index contributed by atoms with van der Waals surface area (Å²) in [5.74, 6) is -2.34. The first-order chi connectivity index (χ1) is 9.11. The highest BCUT2D eigenvalue weighted by Crippen LogP contribution is 2.39. The number of carboxylic acids is 1. The molecule has 2 aliphatic rings. The lowest BCUT2D eigenvalue weighted by molar-refractivity contribution is -0.122. The Balaban J connectivity index is 2.02. The topological polar surface area (TPSA) is 74.7 Å². The fraction of sp³-hybridized carbons (Fsp3) is 0.308. The van der Waals surface area contributed by atoms with Crippen LogP contribution in [0.25, 0.3) is 0 Å². The van der Waals surface area contributed by atoms with Gasteiger partial charge >= 0.3 is 5.97 Å². The molecule has 2 heterocycles. The van der Waals surface area contributed by atoms with Crippen LogP contribution < -0.4 is 4.90 Å². The Hall–Kier alpha value is -1.95. The minimum atomic E-state index is -1.11. The van der Waals surface area contributed by atoms with Crippen LogP contribution in [-0.4, -0.2) is 22.9 Å². The third-order valence-corrected chi connectivity index (χ3v) is 4.48. The summed E-state index contributed by atoms with van der Waals surface area (Å²) in [5.41, 5.74) is 0.210. The number of allylic oxidation sites excluding steroid dienone is 2. The van der Waals surface area contributed by atoms with Gasteiger partial charge in [-0.2, -0.15) is 0 Å². The molecule has 3 rings (SSSR count). The van der Waals surface area contributed by atoms with Gasteiger partial charge in [-0.1, -0.05) is 12.2 Å². The second kappa shape index (κ2) is 4.31.